The predicted octanol–water partition coefficient (Wildman–Crippen LogP) is 3.08. The van der Waals surface area contributed by atoms with E-state index < -0.39 is 0 Å². The highest BCUT2D eigenvalue weighted by molar-refractivity contribution is 7.12. The predicted molar refractivity (Wildman–Crippen MR) is 87.9 cm³/mol. The quantitative estimate of drug-likeness (QED) is 0.926. The molecule has 0 bridgehead atoms. The second kappa shape index (κ2) is 5.32. The summed E-state index contributed by atoms with van der Waals surface area (Å²) in [5.74, 6) is 0. The van der Waals surface area contributed by atoms with Crippen molar-refractivity contribution in [3.8, 4) is 0 Å². The van der Waals surface area contributed by atoms with Gasteiger partial charge in [-0.25, -0.2) is 4.98 Å². The Labute approximate surface area is 132 Å². The summed E-state index contributed by atoms with van der Waals surface area (Å²) in [6.07, 6.45) is 8.98. The second-order valence-electron chi connectivity index (χ2n) is 7.37. The van der Waals surface area contributed by atoms with Gasteiger partial charge in [0.2, 0.25) is 0 Å². The van der Waals surface area contributed by atoms with Gasteiger partial charge < -0.3 is 10.2 Å². The van der Waals surface area contributed by atoms with Gasteiger partial charge in [-0.3, -0.25) is 0 Å². The minimum Gasteiger partial charge on any atom is -0.303 e. The van der Waals surface area contributed by atoms with Crippen LogP contribution in [0.15, 0.2) is 0 Å². The maximum absolute atomic E-state index is 5.07. The SMILES string of the molecule is CC(C)N1CCC(NC2CC2)(c2nc3c(s2)CCC3)CC1. The Morgan fingerprint density at radius 3 is 2.62 bits per heavy atom. The number of fused-ring (bicyclic) bond motifs is 1. The first kappa shape index (κ1) is 14.2. The van der Waals surface area contributed by atoms with Crippen LogP contribution in [0.2, 0.25) is 0 Å². The van der Waals surface area contributed by atoms with Gasteiger partial charge in [0, 0.05) is 30.1 Å². The summed E-state index contributed by atoms with van der Waals surface area (Å²) < 4.78 is 0. The Morgan fingerprint density at radius 1 is 1.24 bits per heavy atom. The van der Waals surface area contributed by atoms with Crippen molar-refractivity contribution in [1.82, 2.24) is 15.2 Å². The molecule has 21 heavy (non-hydrogen) atoms. The Hall–Kier alpha value is -0.450. The van der Waals surface area contributed by atoms with E-state index in [1.165, 1.54) is 68.7 Å². The number of hydrogen-bond donors (Lipinski definition) is 1. The number of nitrogens with zero attached hydrogens (tertiary/aromatic N) is 2. The van der Waals surface area contributed by atoms with E-state index in [1.54, 1.807) is 4.88 Å². The number of thiazole rings is 1. The lowest BCUT2D eigenvalue weighted by atomic mass is 9.87. The Kier molecular flexibility index (Phi) is 3.59. The average Bonchev–Trinajstić information content (AvgIpc) is 2.99. The fourth-order valence-corrected chi connectivity index (χ4v) is 5.22. The molecule has 1 aromatic heterocycles. The van der Waals surface area contributed by atoms with E-state index in [4.69, 9.17) is 4.98 Å². The standard InChI is InChI=1S/C17H27N3S/c1-12(2)20-10-8-17(9-11-20,19-13-6-7-13)16-18-14-4-3-5-15(14)21-16/h12-13,19H,3-11H2,1-2H3. The lowest BCUT2D eigenvalue weighted by molar-refractivity contribution is 0.108. The topological polar surface area (TPSA) is 28.2 Å². The van der Waals surface area contributed by atoms with Crippen LogP contribution in [0.4, 0.5) is 0 Å². The fraction of sp³-hybridized carbons (Fsp3) is 0.824. The molecule has 1 saturated heterocycles. The molecule has 0 radical (unpaired) electrons. The largest absolute Gasteiger partial charge is 0.303 e. The van der Waals surface area contributed by atoms with Crippen molar-refractivity contribution < 1.29 is 0 Å². The lowest BCUT2D eigenvalue weighted by Gasteiger charge is -2.43. The van der Waals surface area contributed by atoms with Crippen LogP contribution in [0.3, 0.4) is 0 Å². The zero-order valence-corrected chi connectivity index (χ0v) is 14.1. The van der Waals surface area contributed by atoms with Gasteiger partial charge in [0.1, 0.15) is 5.01 Å². The molecule has 116 valence electrons. The van der Waals surface area contributed by atoms with E-state index in [9.17, 15) is 0 Å². The molecule has 0 aromatic carbocycles. The second-order valence-corrected chi connectivity index (χ2v) is 8.46. The molecule has 1 aliphatic heterocycles. The van der Waals surface area contributed by atoms with Crippen molar-refractivity contribution in [3.05, 3.63) is 15.6 Å². The van der Waals surface area contributed by atoms with Crippen molar-refractivity contribution in [1.29, 1.82) is 0 Å². The van der Waals surface area contributed by atoms with Gasteiger partial charge in [-0.15, -0.1) is 11.3 Å². The molecule has 2 fully saturated rings. The molecule has 3 aliphatic rings. The molecule has 2 aliphatic carbocycles. The summed E-state index contributed by atoms with van der Waals surface area (Å²) >= 11 is 2.01. The van der Waals surface area contributed by atoms with Crippen LogP contribution in [0, 0.1) is 0 Å². The van der Waals surface area contributed by atoms with E-state index in [0.717, 1.165) is 6.04 Å². The number of likely N-dealkylation sites (tertiary alicyclic amines) is 1. The smallest absolute Gasteiger partial charge is 0.113 e. The summed E-state index contributed by atoms with van der Waals surface area (Å²) in [6.45, 7) is 7.06. The molecule has 1 aromatic rings. The first-order valence-corrected chi connectivity index (χ1v) is 9.49. The maximum atomic E-state index is 5.07. The number of rotatable bonds is 4. The van der Waals surface area contributed by atoms with E-state index in [1.807, 2.05) is 11.3 Å². The first-order chi connectivity index (χ1) is 10.2. The average molecular weight is 305 g/mol. The third kappa shape index (κ3) is 2.66. The highest BCUT2D eigenvalue weighted by Gasteiger charge is 2.43. The summed E-state index contributed by atoms with van der Waals surface area (Å²) in [6, 6.07) is 1.43. The summed E-state index contributed by atoms with van der Waals surface area (Å²) in [5.41, 5.74) is 1.60. The Bertz CT molecular complexity index is 489. The van der Waals surface area contributed by atoms with Gasteiger partial charge in [0.15, 0.2) is 0 Å². The summed E-state index contributed by atoms with van der Waals surface area (Å²) in [7, 11) is 0. The molecular weight excluding hydrogens is 278 g/mol. The Balaban J connectivity index is 1.58. The van der Waals surface area contributed by atoms with Gasteiger partial charge in [-0.05, 0) is 58.8 Å². The molecule has 0 spiro atoms. The molecule has 0 amide bonds. The first-order valence-electron chi connectivity index (χ1n) is 8.67. The van der Waals surface area contributed by atoms with E-state index in [2.05, 4.69) is 24.1 Å². The van der Waals surface area contributed by atoms with Crippen LogP contribution in [-0.4, -0.2) is 35.1 Å². The molecule has 4 rings (SSSR count). The monoisotopic (exact) mass is 305 g/mol. The molecule has 1 N–H and O–H groups in total. The minimum absolute atomic E-state index is 0.182. The van der Waals surface area contributed by atoms with E-state index in [0.29, 0.717) is 6.04 Å². The normalized spacial score (nSPS) is 25.5. The number of aromatic nitrogens is 1. The van der Waals surface area contributed by atoms with Crippen LogP contribution < -0.4 is 5.32 Å². The Morgan fingerprint density at radius 2 is 2.00 bits per heavy atom. The summed E-state index contributed by atoms with van der Waals surface area (Å²) in [5, 5.41) is 5.40. The van der Waals surface area contributed by atoms with Gasteiger partial charge in [-0.2, -0.15) is 0 Å². The number of aryl methyl sites for hydroxylation is 2. The highest BCUT2D eigenvalue weighted by Crippen LogP contribution is 2.41. The van der Waals surface area contributed by atoms with Gasteiger partial charge in [0.05, 0.1) is 11.2 Å². The zero-order valence-electron chi connectivity index (χ0n) is 13.3. The number of piperidine rings is 1. The molecular formula is C17H27N3S. The molecule has 1 saturated carbocycles. The van der Waals surface area contributed by atoms with E-state index in [-0.39, 0.29) is 5.54 Å². The zero-order chi connectivity index (χ0) is 14.4. The van der Waals surface area contributed by atoms with Gasteiger partial charge >= 0.3 is 0 Å². The third-order valence-corrected chi connectivity index (χ3v) is 6.81. The highest BCUT2D eigenvalue weighted by atomic mass is 32.1. The van der Waals surface area contributed by atoms with Crippen molar-refractivity contribution in [3.63, 3.8) is 0 Å². The molecule has 0 unspecified atom stereocenters. The molecule has 3 nitrogen and oxygen atoms in total. The van der Waals surface area contributed by atoms with Crippen molar-refractivity contribution >= 4 is 11.3 Å². The number of hydrogen-bond acceptors (Lipinski definition) is 4. The van der Waals surface area contributed by atoms with Crippen LogP contribution >= 0.6 is 11.3 Å². The minimum atomic E-state index is 0.182. The van der Waals surface area contributed by atoms with Crippen LogP contribution in [-0.2, 0) is 18.4 Å². The van der Waals surface area contributed by atoms with Gasteiger partial charge in [-0.1, -0.05) is 0 Å². The lowest BCUT2D eigenvalue weighted by Crippen LogP contribution is -2.53. The molecule has 0 atom stereocenters. The summed E-state index contributed by atoms with van der Waals surface area (Å²) in [4.78, 5) is 9.27. The maximum Gasteiger partial charge on any atom is 0.113 e. The van der Waals surface area contributed by atoms with Crippen LogP contribution in [0.1, 0.15) is 61.5 Å². The third-order valence-electron chi connectivity index (χ3n) is 5.44. The molecule has 4 heteroatoms. The fourth-order valence-electron chi connectivity index (χ4n) is 3.86. The van der Waals surface area contributed by atoms with Crippen molar-refractivity contribution in [2.75, 3.05) is 13.1 Å². The van der Waals surface area contributed by atoms with E-state index >= 15 is 0 Å². The van der Waals surface area contributed by atoms with Gasteiger partial charge in [0.25, 0.3) is 0 Å². The van der Waals surface area contributed by atoms with Crippen LogP contribution in [0.5, 0.6) is 0 Å². The number of nitrogens with one attached hydrogen (secondary N) is 1. The molecule has 2 heterocycles. The van der Waals surface area contributed by atoms with Crippen LogP contribution in [0.25, 0.3) is 0 Å². The van der Waals surface area contributed by atoms with Crippen molar-refractivity contribution in [2.24, 2.45) is 0 Å². The van der Waals surface area contributed by atoms with Crippen molar-refractivity contribution in [2.45, 2.75) is 76.4 Å².